The second-order valence-corrected chi connectivity index (χ2v) is 4.09. The van der Waals surface area contributed by atoms with Crippen molar-refractivity contribution in [1.29, 1.82) is 0 Å². The molecule has 0 aliphatic carbocycles. The average molecular weight is 262 g/mol. The first-order valence-corrected chi connectivity index (χ1v) is 5.89. The van der Waals surface area contributed by atoms with Crippen LogP contribution in [0.25, 0.3) is 0 Å². The number of aryl methyl sites for hydroxylation is 1. The van der Waals surface area contributed by atoms with Crippen molar-refractivity contribution < 1.29 is 14.5 Å². The lowest BCUT2D eigenvalue weighted by Crippen LogP contribution is -2.34. The molecular formula is C12H12N3O4. The number of nitro groups is 1. The molecule has 19 heavy (non-hydrogen) atoms. The summed E-state index contributed by atoms with van der Waals surface area (Å²) in [5, 5.41) is 17.1. The van der Waals surface area contributed by atoms with E-state index in [0.29, 0.717) is 18.4 Å². The van der Waals surface area contributed by atoms with Crippen LogP contribution >= 0.6 is 0 Å². The molecule has 0 unspecified atom stereocenters. The Kier molecular flexibility index (Phi) is 3.20. The van der Waals surface area contributed by atoms with Gasteiger partial charge in [0, 0.05) is 5.56 Å². The van der Waals surface area contributed by atoms with Crippen LogP contribution in [0.5, 0.6) is 0 Å². The lowest BCUT2D eigenvalue weighted by molar-refractivity contribution is -0.384. The third-order valence-electron chi connectivity index (χ3n) is 3.04. The van der Waals surface area contributed by atoms with Crippen LogP contribution in [0, 0.1) is 10.1 Å². The summed E-state index contributed by atoms with van der Waals surface area (Å²) in [5.74, 6) is -1.88. The van der Waals surface area contributed by atoms with Gasteiger partial charge in [0.2, 0.25) is 0 Å². The molecule has 2 amide bonds. The predicted molar refractivity (Wildman–Crippen MR) is 67.3 cm³/mol. The van der Waals surface area contributed by atoms with E-state index in [1.807, 2.05) is 6.92 Å². The number of hydrogen-bond acceptors (Lipinski definition) is 4. The molecule has 0 saturated carbocycles. The molecule has 1 heterocycles. The van der Waals surface area contributed by atoms with Crippen LogP contribution in [0.15, 0.2) is 6.07 Å². The van der Waals surface area contributed by atoms with Crippen LogP contribution in [0.3, 0.4) is 0 Å². The van der Waals surface area contributed by atoms with Gasteiger partial charge in [-0.2, -0.15) is 5.32 Å². The summed E-state index contributed by atoms with van der Waals surface area (Å²) >= 11 is 0. The van der Waals surface area contributed by atoms with Gasteiger partial charge in [0.15, 0.2) is 5.69 Å². The van der Waals surface area contributed by atoms with E-state index < -0.39 is 16.7 Å². The SMILES string of the molecule is CCc1cc2c(c([N+](=O)[O-])c1CC)[N]C(=O)C(=O)N2. The number of anilines is 1. The van der Waals surface area contributed by atoms with Gasteiger partial charge in [-0.1, -0.05) is 13.8 Å². The zero-order valence-electron chi connectivity index (χ0n) is 10.5. The summed E-state index contributed by atoms with van der Waals surface area (Å²) < 4.78 is 0. The molecule has 0 spiro atoms. The fraction of sp³-hybridized carbons (Fsp3) is 0.333. The number of hydrogen-bond donors (Lipinski definition) is 1. The molecule has 1 aromatic rings. The quantitative estimate of drug-likeness (QED) is 0.505. The van der Waals surface area contributed by atoms with Crippen molar-refractivity contribution in [2.45, 2.75) is 26.7 Å². The average Bonchev–Trinajstić information content (AvgIpc) is 2.37. The lowest BCUT2D eigenvalue weighted by Gasteiger charge is -2.18. The van der Waals surface area contributed by atoms with E-state index in [1.54, 1.807) is 13.0 Å². The van der Waals surface area contributed by atoms with Gasteiger partial charge in [-0.05, 0) is 24.5 Å². The summed E-state index contributed by atoms with van der Waals surface area (Å²) in [7, 11) is 0. The predicted octanol–water partition coefficient (Wildman–Crippen LogP) is 1.43. The Hall–Kier alpha value is -2.44. The van der Waals surface area contributed by atoms with Crippen molar-refractivity contribution in [2.75, 3.05) is 5.32 Å². The fourth-order valence-electron chi connectivity index (χ4n) is 2.20. The molecule has 1 aliphatic heterocycles. The number of benzene rings is 1. The topological polar surface area (TPSA) is 103 Å². The van der Waals surface area contributed by atoms with Gasteiger partial charge >= 0.3 is 17.5 Å². The minimum Gasteiger partial charge on any atom is -0.316 e. The number of nitro benzene ring substituents is 1. The summed E-state index contributed by atoms with van der Waals surface area (Å²) in [6.07, 6.45) is 1.06. The highest BCUT2D eigenvalue weighted by Crippen LogP contribution is 2.40. The molecule has 2 rings (SSSR count). The summed E-state index contributed by atoms with van der Waals surface area (Å²) in [4.78, 5) is 33.2. The van der Waals surface area contributed by atoms with Crippen molar-refractivity contribution in [3.63, 3.8) is 0 Å². The highest BCUT2D eigenvalue weighted by molar-refractivity contribution is 6.42. The molecule has 0 saturated heterocycles. The molecule has 0 fully saturated rings. The Labute approximate surface area is 109 Å². The molecule has 0 bridgehead atoms. The smallest absolute Gasteiger partial charge is 0.316 e. The van der Waals surface area contributed by atoms with Crippen LogP contribution in [0.1, 0.15) is 25.0 Å². The largest absolute Gasteiger partial charge is 0.336 e. The van der Waals surface area contributed by atoms with E-state index >= 15 is 0 Å². The van der Waals surface area contributed by atoms with Crippen molar-refractivity contribution >= 4 is 28.9 Å². The van der Waals surface area contributed by atoms with Crippen LogP contribution in [0.2, 0.25) is 0 Å². The Morgan fingerprint density at radius 1 is 1.32 bits per heavy atom. The zero-order chi connectivity index (χ0) is 14.2. The number of nitrogens with zero attached hydrogens (tertiary/aromatic N) is 2. The van der Waals surface area contributed by atoms with E-state index in [9.17, 15) is 19.7 Å². The maximum absolute atomic E-state index is 11.3. The minimum atomic E-state index is -1.01. The van der Waals surface area contributed by atoms with Crippen molar-refractivity contribution in [3.05, 3.63) is 27.3 Å². The van der Waals surface area contributed by atoms with E-state index in [0.717, 1.165) is 5.56 Å². The molecule has 0 atom stereocenters. The Bertz CT molecular complexity index is 595. The van der Waals surface area contributed by atoms with Gasteiger partial charge < -0.3 is 5.32 Å². The number of carbonyl (C=O) groups is 2. The number of amides is 2. The summed E-state index contributed by atoms with van der Waals surface area (Å²) in [5.41, 5.74) is 1.32. The van der Waals surface area contributed by atoms with E-state index in [1.165, 1.54) is 0 Å². The molecular weight excluding hydrogens is 250 g/mol. The summed E-state index contributed by atoms with van der Waals surface area (Å²) in [6.45, 7) is 3.68. The van der Waals surface area contributed by atoms with Crippen LogP contribution in [-0.4, -0.2) is 16.7 Å². The first-order chi connectivity index (χ1) is 8.99. The van der Waals surface area contributed by atoms with Gasteiger partial charge in [0.05, 0.1) is 10.6 Å². The highest BCUT2D eigenvalue weighted by atomic mass is 16.6. The summed E-state index contributed by atoms with van der Waals surface area (Å²) in [6, 6.07) is 1.65. The zero-order valence-corrected chi connectivity index (χ0v) is 10.5. The van der Waals surface area contributed by atoms with Crippen molar-refractivity contribution in [1.82, 2.24) is 5.32 Å². The van der Waals surface area contributed by atoms with Gasteiger partial charge in [0.25, 0.3) is 0 Å². The van der Waals surface area contributed by atoms with E-state index in [4.69, 9.17) is 0 Å². The van der Waals surface area contributed by atoms with Gasteiger partial charge in [0.1, 0.15) is 0 Å². The highest BCUT2D eigenvalue weighted by Gasteiger charge is 2.34. The van der Waals surface area contributed by atoms with Crippen LogP contribution in [-0.2, 0) is 22.4 Å². The molecule has 0 aromatic heterocycles. The monoisotopic (exact) mass is 262 g/mol. The number of nitrogens with one attached hydrogen (secondary N) is 1. The Morgan fingerprint density at radius 2 is 2.00 bits per heavy atom. The number of carbonyl (C=O) groups excluding carboxylic acids is 2. The standard InChI is InChI=1S/C12H12N3O4/c1-3-6-5-8-9(14-12(17)11(16)13-8)10(15(18)19)7(6)4-2/h5H,3-4H2,1-2H3,(H,13,16). The second kappa shape index (κ2) is 4.68. The van der Waals surface area contributed by atoms with Crippen molar-refractivity contribution in [2.24, 2.45) is 0 Å². The molecule has 7 nitrogen and oxygen atoms in total. The second-order valence-electron chi connectivity index (χ2n) is 4.09. The van der Waals surface area contributed by atoms with Crippen LogP contribution < -0.4 is 10.6 Å². The normalized spacial score (nSPS) is 13.6. The maximum Gasteiger partial charge on any atom is 0.336 e. The minimum absolute atomic E-state index is 0.0522. The maximum atomic E-state index is 11.3. The lowest BCUT2D eigenvalue weighted by atomic mass is 9.97. The first-order valence-electron chi connectivity index (χ1n) is 5.89. The first kappa shape index (κ1) is 13.0. The third kappa shape index (κ3) is 2.03. The molecule has 99 valence electrons. The molecule has 1 radical (unpaired) electrons. The van der Waals surface area contributed by atoms with Gasteiger partial charge in [-0.3, -0.25) is 19.7 Å². The number of rotatable bonds is 3. The third-order valence-corrected chi connectivity index (χ3v) is 3.04. The molecule has 7 heteroatoms. The van der Waals surface area contributed by atoms with E-state index in [-0.39, 0.29) is 17.1 Å². The number of fused-ring (bicyclic) bond motifs is 1. The Morgan fingerprint density at radius 3 is 2.53 bits per heavy atom. The van der Waals surface area contributed by atoms with Gasteiger partial charge in [-0.15, -0.1) is 0 Å². The fourth-order valence-corrected chi connectivity index (χ4v) is 2.20. The molecule has 1 aromatic carbocycles. The molecule has 1 N–H and O–H groups in total. The van der Waals surface area contributed by atoms with Crippen molar-refractivity contribution in [3.8, 4) is 0 Å². The van der Waals surface area contributed by atoms with E-state index in [2.05, 4.69) is 10.6 Å². The van der Waals surface area contributed by atoms with Crippen LogP contribution in [0.4, 0.5) is 17.1 Å². The van der Waals surface area contributed by atoms with Gasteiger partial charge in [-0.25, -0.2) is 0 Å². The molecule has 1 aliphatic rings. The Balaban J connectivity index is 2.74.